The molecule has 0 bridgehead atoms. The van der Waals surface area contributed by atoms with Crippen molar-refractivity contribution in [2.24, 2.45) is 5.92 Å². The number of rotatable bonds is 6. The van der Waals surface area contributed by atoms with Crippen LogP contribution in [0, 0.1) is 12.8 Å². The number of nitrogens with zero attached hydrogens (tertiary/aromatic N) is 3. The van der Waals surface area contributed by atoms with Gasteiger partial charge in [-0.05, 0) is 36.5 Å². The number of amides is 2. The molecule has 1 saturated heterocycles. The molecule has 2 heterocycles. The average molecular weight is 431 g/mol. The molecule has 0 unspecified atom stereocenters. The number of imidazole rings is 1. The lowest BCUT2D eigenvalue weighted by molar-refractivity contribution is -0.134. The molecule has 4 rings (SSSR count). The third kappa shape index (κ3) is 4.90. The van der Waals surface area contributed by atoms with Crippen molar-refractivity contribution in [1.29, 1.82) is 0 Å². The van der Waals surface area contributed by atoms with Crippen LogP contribution < -0.4 is 0 Å². The smallest absolute Gasteiger partial charge is 0.271 e. The van der Waals surface area contributed by atoms with Crippen molar-refractivity contribution in [2.75, 3.05) is 26.2 Å². The van der Waals surface area contributed by atoms with Gasteiger partial charge in [-0.15, -0.1) is 0 Å². The van der Waals surface area contributed by atoms with Gasteiger partial charge in [0, 0.05) is 26.2 Å². The molecule has 166 valence electrons. The number of aromatic nitrogens is 2. The van der Waals surface area contributed by atoms with Crippen LogP contribution in [0.1, 0.15) is 35.0 Å². The highest BCUT2D eigenvalue weighted by molar-refractivity contribution is 5.93. The minimum atomic E-state index is -0.274. The largest absolute Gasteiger partial charge is 0.341 e. The molecule has 3 aromatic rings. The Kier molecular flexibility index (Phi) is 6.69. The summed E-state index contributed by atoms with van der Waals surface area (Å²) in [5.74, 6) is -0.247. The predicted octanol–water partition coefficient (Wildman–Crippen LogP) is 3.94. The van der Waals surface area contributed by atoms with Gasteiger partial charge >= 0.3 is 0 Å². The third-order valence-electron chi connectivity index (χ3n) is 6.01. The Balaban J connectivity index is 1.58. The normalized spacial score (nSPS) is 16.8. The fraction of sp³-hybridized carbons (Fsp3) is 0.346. The van der Waals surface area contributed by atoms with Crippen LogP contribution in [0.2, 0.25) is 0 Å². The Bertz CT molecular complexity index is 1080. The van der Waals surface area contributed by atoms with Crippen molar-refractivity contribution in [3.05, 3.63) is 77.9 Å². The van der Waals surface area contributed by atoms with Crippen molar-refractivity contribution < 1.29 is 9.59 Å². The van der Waals surface area contributed by atoms with E-state index in [9.17, 15) is 9.59 Å². The van der Waals surface area contributed by atoms with Crippen LogP contribution in [0.15, 0.2) is 61.1 Å². The van der Waals surface area contributed by atoms with E-state index in [1.807, 2.05) is 11.0 Å². The second kappa shape index (κ2) is 9.81. The number of H-pyrrole nitrogens is 1. The van der Waals surface area contributed by atoms with Crippen LogP contribution in [-0.2, 0) is 11.2 Å². The highest BCUT2D eigenvalue weighted by Crippen LogP contribution is 2.24. The summed E-state index contributed by atoms with van der Waals surface area (Å²) in [6.45, 7) is 6.38. The highest BCUT2D eigenvalue weighted by atomic mass is 16.2. The molecular formula is C26H30N4O2. The maximum absolute atomic E-state index is 13.4. The molecule has 6 heteroatoms. The van der Waals surface area contributed by atoms with Gasteiger partial charge in [-0.1, -0.05) is 61.0 Å². The molecule has 0 spiro atoms. The molecule has 1 N–H and O–H groups in total. The van der Waals surface area contributed by atoms with Crippen molar-refractivity contribution in [2.45, 2.75) is 26.7 Å². The number of carbonyl (C=O) groups excluding carboxylic acids is 2. The molecule has 0 radical (unpaired) electrons. The predicted molar refractivity (Wildman–Crippen MR) is 125 cm³/mol. The van der Waals surface area contributed by atoms with Crippen LogP contribution >= 0.6 is 0 Å². The summed E-state index contributed by atoms with van der Waals surface area (Å²) in [5.41, 5.74) is 5.09. The number of hydrogen-bond donors (Lipinski definition) is 1. The number of aromatic amines is 1. The number of benzene rings is 2. The topological polar surface area (TPSA) is 69.3 Å². The van der Waals surface area contributed by atoms with Crippen LogP contribution in [0.25, 0.3) is 11.1 Å². The van der Waals surface area contributed by atoms with Gasteiger partial charge in [0.2, 0.25) is 5.91 Å². The van der Waals surface area contributed by atoms with E-state index in [1.54, 1.807) is 11.1 Å². The Morgan fingerprint density at radius 1 is 1.12 bits per heavy atom. The molecule has 1 aromatic heterocycles. The van der Waals surface area contributed by atoms with Crippen LogP contribution in [0.5, 0.6) is 0 Å². The van der Waals surface area contributed by atoms with E-state index < -0.39 is 0 Å². The summed E-state index contributed by atoms with van der Waals surface area (Å²) in [6, 6.07) is 16.8. The molecule has 1 fully saturated rings. The van der Waals surface area contributed by atoms with E-state index in [0.717, 1.165) is 17.5 Å². The number of nitrogens with one attached hydrogen (secondary N) is 1. The van der Waals surface area contributed by atoms with Gasteiger partial charge in [-0.25, -0.2) is 4.98 Å². The first kappa shape index (κ1) is 21.8. The molecule has 0 saturated carbocycles. The van der Waals surface area contributed by atoms with Crippen LogP contribution in [-0.4, -0.2) is 57.8 Å². The quantitative estimate of drug-likeness (QED) is 0.644. The van der Waals surface area contributed by atoms with Crippen molar-refractivity contribution >= 4 is 11.8 Å². The lowest BCUT2D eigenvalue weighted by Crippen LogP contribution is -2.38. The Labute approximate surface area is 189 Å². The van der Waals surface area contributed by atoms with E-state index in [-0.39, 0.29) is 17.7 Å². The second-order valence-electron chi connectivity index (χ2n) is 8.51. The lowest BCUT2D eigenvalue weighted by Gasteiger charge is -2.24. The first-order valence-electron chi connectivity index (χ1n) is 11.3. The zero-order chi connectivity index (χ0) is 22.5. The summed E-state index contributed by atoms with van der Waals surface area (Å²) in [4.78, 5) is 36.9. The standard InChI is InChI=1S/C26H30N4O2/c1-3-10-29-11-12-30(26(32)24-16-27-18-28-24)17-23(25(29)31)15-20-7-5-9-22(14-20)21-8-4-6-19(2)13-21/h4-9,13-14,16,18,23H,3,10-12,15,17H2,1-2H3,(H,27,28)/t23-/m1/s1. The van der Waals surface area contributed by atoms with Gasteiger partial charge in [0.1, 0.15) is 5.69 Å². The Morgan fingerprint density at radius 2 is 1.91 bits per heavy atom. The van der Waals surface area contributed by atoms with E-state index >= 15 is 0 Å². The highest BCUT2D eigenvalue weighted by Gasteiger charge is 2.32. The minimum Gasteiger partial charge on any atom is -0.341 e. The van der Waals surface area contributed by atoms with Crippen molar-refractivity contribution in [3.63, 3.8) is 0 Å². The first-order valence-corrected chi connectivity index (χ1v) is 11.3. The second-order valence-corrected chi connectivity index (χ2v) is 8.51. The van der Waals surface area contributed by atoms with Gasteiger partial charge in [-0.3, -0.25) is 9.59 Å². The molecule has 0 aliphatic carbocycles. The molecule has 2 amide bonds. The van der Waals surface area contributed by atoms with E-state index in [1.165, 1.54) is 17.5 Å². The fourth-order valence-corrected chi connectivity index (χ4v) is 4.40. The molecule has 1 aliphatic heterocycles. The maximum atomic E-state index is 13.4. The monoisotopic (exact) mass is 430 g/mol. The van der Waals surface area contributed by atoms with Crippen LogP contribution in [0.4, 0.5) is 0 Å². The SMILES string of the molecule is CCCN1CCN(C(=O)c2cnc[nH]2)C[C@@H](Cc2cccc(-c3cccc(C)c3)c2)C1=O. The summed E-state index contributed by atoms with van der Waals surface area (Å²) in [6.07, 6.45) is 4.55. The summed E-state index contributed by atoms with van der Waals surface area (Å²) in [5, 5.41) is 0. The molecule has 32 heavy (non-hydrogen) atoms. The maximum Gasteiger partial charge on any atom is 0.271 e. The van der Waals surface area contributed by atoms with E-state index in [0.29, 0.717) is 38.3 Å². The number of carbonyl (C=O) groups is 2. The zero-order valence-corrected chi connectivity index (χ0v) is 18.8. The van der Waals surface area contributed by atoms with Gasteiger partial charge in [-0.2, -0.15) is 0 Å². The van der Waals surface area contributed by atoms with Gasteiger partial charge in [0.05, 0.1) is 18.4 Å². The Hall–Kier alpha value is -3.41. The average Bonchev–Trinajstić information content (AvgIpc) is 3.29. The first-order chi connectivity index (χ1) is 15.5. The molecule has 2 aromatic carbocycles. The van der Waals surface area contributed by atoms with Crippen LogP contribution in [0.3, 0.4) is 0 Å². The summed E-state index contributed by atoms with van der Waals surface area (Å²) < 4.78 is 0. The minimum absolute atomic E-state index is 0.104. The fourth-order valence-electron chi connectivity index (χ4n) is 4.40. The van der Waals surface area contributed by atoms with Gasteiger partial charge < -0.3 is 14.8 Å². The summed E-state index contributed by atoms with van der Waals surface area (Å²) >= 11 is 0. The molecule has 1 aliphatic rings. The van der Waals surface area contributed by atoms with E-state index in [2.05, 4.69) is 66.3 Å². The molecule has 1 atom stereocenters. The number of aryl methyl sites for hydroxylation is 1. The summed E-state index contributed by atoms with van der Waals surface area (Å²) in [7, 11) is 0. The molecular weight excluding hydrogens is 400 g/mol. The van der Waals surface area contributed by atoms with E-state index in [4.69, 9.17) is 0 Å². The molecule has 6 nitrogen and oxygen atoms in total. The van der Waals surface area contributed by atoms with Gasteiger partial charge in [0.15, 0.2) is 0 Å². The number of hydrogen-bond acceptors (Lipinski definition) is 3. The lowest BCUT2D eigenvalue weighted by atomic mass is 9.94. The Morgan fingerprint density at radius 3 is 2.62 bits per heavy atom. The zero-order valence-electron chi connectivity index (χ0n) is 18.8. The third-order valence-corrected chi connectivity index (χ3v) is 6.01. The van der Waals surface area contributed by atoms with Gasteiger partial charge in [0.25, 0.3) is 5.91 Å². The van der Waals surface area contributed by atoms with Crippen molar-refractivity contribution in [3.8, 4) is 11.1 Å². The van der Waals surface area contributed by atoms with Crippen molar-refractivity contribution in [1.82, 2.24) is 19.8 Å².